The van der Waals surface area contributed by atoms with E-state index in [1.807, 2.05) is 37.6 Å². The van der Waals surface area contributed by atoms with Crippen LogP contribution in [0.5, 0.6) is 0 Å². The van der Waals surface area contributed by atoms with E-state index in [9.17, 15) is 4.79 Å². The summed E-state index contributed by atoms with van der Waals surface area (Å²) in [6, 6.07) is 6.63. The van der Waals surface area contributed by atoms with Crippen molar-refractivity contribution in [2.45, 2.75) is 53.1 Å². The van der Waals surface area contributed by atoms with E-state index < -0.39 is 0 Å². The Morgan fingerprint density at radius 3 is 2.72 bits per heavy atom. The molecule has 32 heavy (non-hydrogen) atoms. The minimum absolute atomic E-state index is 0.100. The summed E-state index contributed by atoms with van der Waals surface area (Å²) in [5.41, 5.74) is 6.55. The highest BCUT2D eigenvalue weighted by molar-refractivity contribution is 5.99. The van der Waals surface area contributed by atoms with Gasteiger partial charge in [0, 0.05) is 43.3 Å². The van der Waals surface area contributed by atoms with Gasteiger partial charge >= 0.3 is 0 Å². The average Bonchev–Trinajstić information content (AvgIpc) is 3.21. The number of aryl methyl sites for hydroxylation is 2. The van der Waals surface area contributed by atoms with Crippen LogP contribution in [-0.2, 0) is 19.4 Å². The minimum atomic E-state index is -0.100. The summed E-state index contributed by atoms with van der Waals surface area (Å²) in [6.45, 7) is 8.76. The maximum absolute atomic E-state index is 13.4. The molecule has 1 atom stereocenters. The Hall–Kier alpha value is -3.41. The zero-order valence-corrected chi connectivity index (χ0v) is 19.6. The molecular formula is C26H33N5O. The number of fused-ring (bicyclic) bond motifs is 1. The smallest absolute Gasteiger partial charge is 0.200 e. The first-order valence-corrected chi connectivity index (χ1v) is 11.1. The van der Waals surface area contributed by atoms with E-state index >= 15 is 0 Å². The van der Waals surface area contributed by atoms with Crippen molar-refractivity contribution in [3.05, 3.63) is 86.1 Å². The van der Waals surface area contributed by atoms with Crippen LogP contribution in [0.15, 0.2) is 52.2 Å². The number of nitrogens with one attached hydrogen (secondary N) is 3. The van der Waals surface area contributed by atoms with Crippen molar-refractivity contribution in [1.29, 1.82) is 5.41 Å². The summed E-state index contributed by atoms with van der Waals surface area (Å²) in [6.07, 6.45) is 10.4. The molecule has 1 aromatic carbocycles. The number of allylic oxidation sites excluding steroid dienone is 2. The predicted octanol–water partition coefficient (Wildman–Crippen LogP) is 3.73. The number of amidine groups is 1. The van der Waals surface area contributed by atoms with Crippen molar-refractivity contribution in [2.75, 3.05) is 7.05 Å². The number of nitrogens with zero attached hydrogens (tertiary/aromatic N) is 2. The van der Waals surface area contributed by atoms with Crippen LogP contribution in [0.3, 0.4) is 0 Å². The van der Waals surface area contributed by atoms with Gasteiger partial charge in [-0.25, -0.2) is 0 Å². The second-order valence-corrected chi connectivity index (χ2v) is 8.08. The van der Waals surface area contributed by atoms with Crippen LogP contribution in [0.4, 0.5) is 0 Å². The standard InChI is InChI=1S/C26H33N5O/c1-6-11-29-26(28-5)24-16-31(7-2)18(4)23(25(24)32)14-21(15-27)30-20-12-19-10-8-9-17(3)22(19)13-20/h6,8-11,14-16,20,27,30H,7,12-13H2,1-5H3,(H,28,29)/b11-6-,21-14+,27-15?. The van der Waals surface area contributed by atoms with Gasteiger partial charge in [0.15, 0.2) is 5.43 Å². The van der Waals surface area contributed by atoms with Crippen LogP contribution >= 0.6 is 0 Å². The summed E-state index contributed by atoms with van der Waals surface area (Å²) < 4.78 is 2.04. The van der Waals surface area contributed by atoms with Crippen molar-refractivity contribution in [1.82, 2.24) is 15.2 Å². The zero-order valence-electron chi connectivity index (χ0n) is 19.6. The average molecular weight is 432 g/mol. The monoisotopic (exact) mass is 431 g/mol. The third-order valence-corrected chi connectivity index (χ3v) is 6.05. The molecule has 0 spiro atoms. The molecule has 6 heteroatoms. The third kappa shape index (κ3) is 4.74. The molecule has 3 N–H and O–H groups in total. The van der Waals surface area contributed by atoms with Gasteiger partial charge in [-0.2, -0.15) is 0 Å². The van der Waals surface area contributed by atoms with Crippen molar-refractivity contribution in [2.24, 2.45) is 4.99 Å². The molecule has 0 aliphatic heterocycles. The van der Waals surface area contributed by atoms with Crippen molar-refractivity contribution in [3.63, 3.8) is 0 Å². The summed E-state index contributed by atoms with van der Waals surface area (Å²) in [4.78, 5) is 17.7. The SMILES string of the molecule is C/C=C\NC(=NC)c1cn(CC)c(C)c(/C=C(\C=N)NC2Cc3cccc(C)c3C2)c1=O. The van der Waals surface area contributed by atoms with Gasteiger partial charge in [-0.3, -0.25) is 9.79 Å². The molecule has 0 radical (unpaired) electrons. The molecule has 1 aromatic heterocycles. The molecule has 1 heterocycles. The van der Waals surface area contributed by atoms with Gasteiger partial charge < -0.3 is 20.6 Å². The molecule has 168 valence electrons. The molecule has 0 fully saturated rings. The second kappa shape index (κ2) is 10.3. The van der Waals surface area contributed by atoms with E-state index in [-0.39, 0.29) is 11.5 Å². The molecule has 3 rings (SSSR count). The molecular weight excluding hydrogens is 398 g/mol. The van der Waals surface area contributed by atoms with Crippen LogP contribution in [0.25, 0.3) is 6.08 Å². The zero-order chi connectivity index (χ0) is 23.3. The largest absolute Gasteiger partial charge is 0.380 e. The van der Waals surface area contributed by atoms with E-state index in [0.717, 1.165) is 25.1 Å². The van der Waals surface area contributed by atoms with Crippen LogP contribution in [0, 0.1) is 19.3 Å². The number of pyridine rings is 1. The first-order valence-electron chi connectivity index (χ1n) is 11.1. The molecule has 0 bridgehead atoms. The van der Waals surface area contributed by atoms with Gasteiger partial charge in [0.25, 0.3) is 0 Å². The first-order chi connectivity index (χ1) is 15.4. The van der Waals surface area contributed by atoms with Gasteiger partial charge in [-0.05, 0) is 69.5 Å². The Bertz CT molecular complexity index is 1150. The highest BCUT2D eigenvalue weighted by atomic mass is 16.1. The number of hydrogen-bond acceptors (Lipinski definition) is 4. The van der Waals surface area contributed by atoms with Crippen molar-refractivity contribution >= 4 is 18.1 Å². The van der Waals surface area contributed by atoms with E-state index in [4.69, 9.17) is 5.41 Å². The van der Waals surface area contributed by atoms with Gasteiger partial charge in [0.2, 0.25) is 0 Å². The lowest BCUT2D eigenvalue weighted by Gasteiger charge is -2.17. The van der Waals surface area contributed by atoms with E-state index in [0.29, 0.717) is 22.7 Å². The minimum Gasteiger partial charge on any atom is -0.380 e. The van der Waals surface area contributed by atoms with Gasteiger partial charge in [0.1, 0.15) is 5.84 Å². The Kier molecular flexibility index (Phi) is 7.46. The van der Waals surface area contributed by atoms with Crippen LogP contribution in [-0.4, -0.2) is 29.7 Å². The van der Waals surface area contributed by atoms with Crippen molar-refractivity contribution in [3.8, 4) is 0 Å². The predicted molar refractivity (Wildman–Crippen MR) is 134 cm³/mol. The highest BCUT2D eigenvalue weighted by Gasteiger charge is 2.23. The Labute approximate surface area is 190 Å². The molecule has 0 amide bonds. The number of aliphatic imine (C=N–C) groups is 1. The third-order valence-electron chi connectivity index (χ3n) is 6.05. The van der Waals surface area contributed by atoms with Gasteiger partial charge in [-0.1, -0.05) is 24.3 Å². The molecule has 0 saturated carbocycles. The van der Waals surface area contributed by atoms with E-state index in [1.54, 1.807) is 19.3 Å². The fourth-order valence-corrected chi connectivity index (χ4v) is 4.32. The summed E-state index contributed by atoms with van der Waals surface area (Å²) in [5.74, 6) is 0.524. The molecule has 1 aliphatic rings. The lowest BCUT2D eigenvalue weighted by molar-refractivity contribution is 0.611. The molecule has 2 aromatic rings. The summed E-state index contributed by atoms with van der Waals surface area (Å²) in [5, 5.41) is 14.6. The maximum atomic E-state index is 13.4. The number of hydrogen-bond donors (Lipinski definition) is 3. The Balaban J connectivity index is 1.98. The number of aromatic nitrogens is 1. The van der Waals surface area contributed by atoms with Gasteiger partial charge in [0.05, 0.1) is 11.3 Å². The number of benzene rings is 1. The molecule has 1 aliphatic carbocycles. The fraction of sp³-hybridized carbons (Fsp3) is 0.346. The Morgan fingerprint density at radius 1 is 1.31 bits per heavy atom. The van der Waals surface area contributed by atoms with E-state index in [1.165, 1.54) is 22.9 Å². The van der Waals surface area contributed by atoms with Crippen molar-refractivity contribution < 1.29 is 0 Å². The quantitative estimate of drug-likeness (QED) is 0.461. The Morgan fingerprint density at radius 2 is 2.09 bits per heavy atom. The lowest BCUT2D eigenvalue weighted by atomic mass is 10.1. The highest BCUT2D eigenvalue weighted by Crippen LogP contribution is 2.25. The molecule has 1 unspecified atom stereocenters. The van der Waals surface area contributed by atoms with E-state index in [2.05, 4.69) is 40.7 Å². The van der Waals surface area contributed by atoms with Crippen LogP contribution in [0.2, 0.25) is 0 Å². The summed E-state index contributed by atoms with van der Waals surface area (Å²) in [7, 11) is 1.67. The fourth-order valence-electron chi connectivity index (χ4n) is 4.32. The molecule has 0 saturated heterocycles. The maximum Gasteiger partial charge on any atom is 0.200 e. The normalized spacial score (nSPS) is 16.3. The lowest BCUT2D eigenvalue weighted by Crippen LogP contribution is -2.31. The topological polar surface area (TPSA) is 82.3 Å². The second-order valence-electron chi connectivity index (χ2n) is 8.08. The summed E-state index contributed by atoms with van der Waals surface area (Å²) >= 11 is 0. The van der Waals surface area contributed by atoms with Gasteiger partial charge in [-0.15, -0.1) is 0 Å². The molecule has 6 nitrogen and oxygen atoms in total. The van der Waals surface area contributed by atoms with Crippen LogP contribution in [0.1, 0.15) is 47.4 Å². The van der Waals surface area contributed by atoms with Crippen LogP contribution < -0.4 is 16.1 Å². The number of rotatable bonds is 7. The first kappa shape index (κ1) is 23.3.